The Balaban J connectivity index is 2.22. The number of fused-ring (bicyclic) bond motifs is 1. The molecular weight excluding hydrogens is 200 g/mol. The zero-order chi connectivity index (χ0) is 11.5. The third-order valence-electron chi connectivity index (χ3n) is 2.63. The number of aromatic amines is 1. The average molecular weight is 218 g/mol. The highest BCUT2D eigenvalue weighted by Crippen LogP contribution is 2.13. The first-order chi connectivity index (χ1) is 7.69. The van der Waals surface area contributed by atoms with Crippen molar-refractivity contribution in [2.45, 2.75) is 13.0 Å². The Kier molecular flexibility index (Phi) is 3.22. The summed E-state index contributed by atoms with van der Waals surface area (Å²) in [5.41, 5.74) is 8.84. The van der Waals surface area contributed by atoms with Crippen LogP contribution in [-0.2, 0) is 13.0 Å². The third-order valence-corrected chi connectivity index (χ3v) is 2.63. The summed E-state index contributed by atoms with van der Waals surface area (Å²) < 4.78 is 0. The van der Waals surface area contributed by atoms with Crippen molar-refractivity contribution < 1.29 is 0 Å². The number of H-pyrrole nitrogens is 1. The van der Waals surface area contributed by atoms with Crippen LogP contribution >= 0.6 is 0 Å². The first kappa shape index (κ1) is 11.1. The van der Waals surface area contributed by atoms with E-state index in [1.165, 1.54) is 0 Å². The molecule has 86 valence electrons. The zero-order valence-electron chi connectivity index (χ0n) is 9.83. The molecule has 2 aromatic rings. The van der Waals surface area contributed by atoms with Gasteiger partial charge in [-0.3, -0.25) is 0 Å². The van der Waals surface area contributed by atoms with Gasteiger partial charge in [-0.15, -0.1) is 0 Å². The number of hydrogen-bond donors (Lipinski definition) is 2. The molecule has 0 saturated carbocycles. The van der Waals surface area contributed by atoms with Crippen molar-refractivity contribution in [3.05, 3.63) is 29.6 Å². The van der Waals surface area contributed by atoms with E-state index in [0.717, 1.165) is 35.4 Å². The molecule has 0 aliphatic rings. The minimum Gasteiger partial charge on any atom is -0.342 e. The van der Waals surface area contributed by atoms with Crippen LogP contribution in [0.5, 0.6) is 0 Å². The van der Waals surface area contributed by atoms with Crippen molar-refractivity contribution in [2.75, 3.05) is 20.6 Å². The highest BCUT2D eigenvalue weighted by Gasteiger charge is 2.03. The van der Waals surface area contributed by atoms with Gasteiger partial charge in [0.05, 0.1) is 11.0 Å². The summed E-state index contributed by atoms with van der Waals surface area (Å²) >= 11 is 0. The number of imidazole rings is 1. The highest BCUT2D eigenvalue weighted by molar-refractivity contribution is 5.75. The van der Waals surface area contributed by atoms with E-state index in [9.17, 15) is 0 Å². The Bertz CT molecular complexity index is 473. The predicted molar refractivity (Wildman–Crippen MR) is 66.2 cm³/mol. The van der Waals surface area contributed by atoms with Gasteiger partial charge in [0, 0.05) is 19.5 Å². The lowest BCUT2D eigenvalue weighted by atomic mass is 10.2. The summed E-state index contributed by atoms with van der Waals surface area (Å²) in [6.45, 7) is 1.57. The summed E-state index contributed by atoms with van der Waals surface area (Å²) in [7, 11) is 4.13. The van der Waals surface area contributed by atoms with Crippen LogP contribution in [0.15, 0.2) is 18.2 Å². The van der Waals surface area contributed by atoms with Crippen LogP contribution in [0.2, 0.25) is 0 Å². The minimum atomic E-state index is 0.571. The molecule has 4 nitrogen and oxygen atoms in total. The molecule has 1 aromatic carbocycles. The normalized spacial score (nSPS) is 11.5. The molecule has 0 spiro atoms. The number of likely N-dealkylation sites (N-methyl/N-ethyl adjacent to an activating group) is 1. The summed E-state index contributed by atoms with van der Waals surface area (Å²) in [4.78, 5) is 10.0. The zero-order valence-corrected chi connectivity index (χ0v) is 9.83. The number of aromatic nitrogens is 2. The summed E-state index contributed by atoms with van der Waals surface area (Å²) in [6.07, 6.45) is 0.944. The number of nitrogens with zero attached hydrogens (tertiary/aromatic N) is 2. The Morgan fingerprint density at radius 2 is 2.19 bits per heavy atom. The van der Waals surface area contributed by atoms with Gasteiger partial charge in [-0.25, -0.2) is 4.98 Å². The van der Waals surface area contributed by atoms with E-state index in [-0.39, 0.29) is 0 Å². The number of rotatable bonds is 4. The number of nitrogens with one attached hydrogen (secondary N) is 1. The lowest BCUT2D eigenvalue weighted by molar-refractivity contribution is 0.410. The monoisotopic (exact) mass is 218 g/mol. The van der Waals surface area contributed by atoms with Crippen LogP contribution in [-0.4, -0.2) is 35.5 Å². The van der Waals surface area contributed by atoms with Crippen LogP contribution in [0.4, 0.5) is 0 Å². The lowest BCUT2D eigenvalue weighted by Gasteiger charge is -2.06. The largest absolute Gasteiger partial charge is 0.342 e. The topological polar surface area (TPSA) is 57.9 Å². The van der Waals surface area contributed by atoms with Crippen molar-refractivity contribution in [2.24, 2.45) is 5.73 Å². The van der Waals surface area contributed by atoms with Crippen molar-refractivity contribution in [1.29, 1.82) is 0 Å². The van der Waals surface area contributed by atoms with Gasteiger partial charge in [0.2, 0.25) is 0 Å². The van der Waals surface area contributed by atoms with Crippen molar-refractivity contribution >= 4 is 11.0 Å². The lowest BCUT2D eigenvalue weighted by Crippen LogP contribution is -2.15. The average Bonchev–Trinajstić information content (AvgIpc) is 2.67. The first-order valence-corrected chi connectivity index (χ1v) is 5.51. The van der Waals surface area contributed by atoms with E-state index in [4.69, 9.17) is 5.73 Å². The van der Waals surface area contributed by atoms with E-state index in [1.807, 2.05) is 12.1 Å². The van der Waals surface area contributed by atoms with Gasteiger partial charge in [0.25, 0.3) is 0 Å². The Labute approximate surface area is 95.5 Å². The Morgan fingerprint density at radius 3 is 2.88 bits per heavy atom. The Morgan fingerprint density at radius 1 is 1.38 bits per heavy atom. The molecule has 0 atom stereocenters. The van der Waals surface area contributed by atoms with Gasteiger partial charge in [-0.1, -0.05) is 6.07 Å². The van der Waals surface area contributed by atoms with Crippen LogP contribution in [0, 0.1) is 0 Å². The number of hydrogen-bond acceptors (Lipinski definition) is 3. The van der Waals surface area contributed by atoms with Gasteiger partial charge in [0.15, 0.2) is 0 Å². The fraction of sp³-hybridized carbons (Fsp3) is 0.417. The van der Waals surface area contributed by atoms with Crippen LogP contribution in [0.3, 0.4) is 0 Å². The third kappa shape index (κ3) is 2.40. The SMILES string of the molecule is CN(C)CCc1nc2ccc(CN)cc2[nH]1. The molecule has 0 unspecified atom stereocenters. The second-order valence-corrected chi connectivity index (χ2v) is 4.29. The van der Waals surface area contributed by atoms with Crippen molar-refractivity contribution in [3.63, 3.8) is 0 Å². The minimum absolute atomic E-state index is 0.571. The quantitative estimate of drug-likeness (QED) is 0.808. The first-order valence-electron chi connectivity index (χ1n) is 5.51. The molecule has 0 amide bonds. The predicted octanol–water partition coefficient (Wildman–Crippen LogP) is 1.13. The summed E-state index contributed by atoms with van der Waals surface area (Å²) in [6, 6.07) is 6.12. The molecule has 0 aliphatic carbocycles. The van der Waals surface area contributed by atoms with Crippen molar-refractivity contribution in [1.82, 2.24) is 14.9 Å². The molecular formula is C12H18N4. The van der Waals surface area contributed by atoms with E-state index < -0.39 is 0 Å². The van der Waals surface area contributed by atoms with E-state index in [1.54, 1.807) is 0 Å². The molecule has 4 heteroatoms. The fourth-order valence-electron chi connectivity index (χ4n) is 1.68. The molecule has 0 radical (unpaired) electrons. The molecule has 16 heavy (non-hydrogen) atoms. The summed E-state index contributed by atoms with van der Waals surface area (Å²) in [5.74, 6) is 1.04. The molecule has 0 saturated heterocycles. The van der Waals surface area contributed by atoms with Crippen LogP contribution in [0.25, 0.3) is 11.0 Å². The fourth-order valence-corrected chi connectivity index (χ4v) is 1.68. The highest BCUT2D eigenvalue weighted by atomic mass is 15.1. The van der Waals surface area contributed by atoms with Gasteiger partial charge >= 0.3 is 0 Å². The second kappa shape index (κ2) is 4.63. The second-order valence-electron chi connectivity index (χ2n) is 4.29. The standard InChI is InChI=1S/C12H18N4/c1-16(2)6-5-12-14-10-4-3-9(8-13)7-11(10)15-12/h3-4,7H,5-6,8,13H2,1-2H3,(H,14,15). The van der Waals surface area contributed by atoms with Gasteiger partial charge in [0.1, 0.15) is 5.82 Å². The molecule has 0 fully saturated rings. The molecule has 0 bridgehead atoms. The molecule has 0 aliphatic heterocycles. The Hall–Kier alpha value is -1.39. The molecule has 1 aromatic heterocycles. The van der Waals surface area contributed by atoms with E-state index in [0.29, 0.717) is 6.54 Å². The maximum atomic E-state index is 5.61. The van der Waals surface area contributed by atoms with Gasteiger partial charge < -0.3 is 15.6 Å². The van der Waals surface area contributed by atoms with Gasteiger partial charge in [-0.05, 0) is 31.8 Å². The summed E-state index contributed by atoms with van der Waals surface area (Å²) in [5, 5.41) is 0. The number of nitrogens with two attached hydrogens (primary N) is 1. The van der Waals surface area contributed by atoms with Crippen molar-refractivity contribution in [3.8, 4) is 0 Å². The molecule has 1 heterocycles. The number of benzene rings is 1. The van der Waals surface area contributed by atoms with Crippen LogP contribution in [0.1, 0.15) is 11.4 Å². The molecule has 2 rings (SSSR count). The van der Waals surface area contributed by atoms with E-state index in [2.05, 4.69) is 35.0 Å². The maximum absolute atomic E-state index is 5.61. The maximum Gasteiger partial charge on any atom is 0.108 e. The van der Waals surface area contributed by atoms with E-state index >= 15 is 0 Å². The van der Waals surface area contributed by atoms with Gasteiger partial charge in [-0.2, -0.15) is 0 Å². The smallest absolute Gasteiger partial charge is 0.108 e. The van der Waals surface area contributed by atoms with Crippen LogP contribution < -0.4 is 5.73 Å². The molecule has 3 N–H and O–H groups in total.